The Bertz CT molecular complexity index is 897. The number of nitrogens with one attached hydrogen (secondary N) is 1. The van der Waals surface area contributed by atoms with Gasteiger partial charge in [0.15, 0.2) is 0 Å². The normalized spacial score (nSPS) is 15.2. The number of hydrogen-bond donors (Lipinski definition) is 1. The maximum absolute atomic E-state index is 13.2. The molecule has 0 aromatic heterocycles. The number of aryl methyl sites for hydroxylation is 1. The zero-order chi connectivity index (χ0) is 22.9. The average molecular weight is 473 g/mol. The van der Waals surface area contributed by atoms with E-state index in [1.807, 2.05) is 43.3 Å². The number of hydrogen-bond acceptors (Lipinski definition) is 3. The van der Waals surface area contributed by atoms with E-state index in [1.54, 1.807) is 16.7 Å². The second kappa shape index (κ2) is 12.3. The summed E-state index contributed by atoms with van der Waals surface area (Å²) in [5, 5.41) is 3.83. The van der Waals surface area contributed by atoms with E-state index < -0.39 is 6.04 Å². The Kier molecular flexibility index (Phi) is 9.49. The molecule has 2 amide bonds. The van der Waals surface area contributed by atoms with Crippen LogP contribution < -0.4 is 5.32 Å². The van der Waals surface area contributed by atoms with E-state index >= 15 is 0 Å². The Balaban J connectivity index is 1.65. The third-order valence-electron chi connectivity index (χ3n) is 6.13. The number of halogens is 1. The summed E-state index contributed by atoms with van der Waals surface area (Å²) < 4.78 is 0. The Hall–Kier alpha value is -1.98. The van der Waals surface area contributed by atoms with Gasteiger partial charge in [-0.2, -0.15) is 0 Å². The molecule has 0 spiro atoms. The van der Waals surface area contributed by atoms with Gasteiger partial charge in [-0.05, 0) is 55.5 Å². The highest BCUT2D eigenvalue weighted by atomic mass is 35.5. The Morgan fingerprint density at radius 3 is 2.47 bits per heavy atom. The van der Waals surface area contributed by atoms with Crippen LogP contribution in [-0.4, -0.2) is 34.6 Å². The monoisotopic (exact) mass is 472 g/mol. The van der Waals surface area contributed by atoms with Crippen molar-refractivity contribution in [1.82, 2.24) is 10.2 Å². The van der Waals surface area contributed by atoms with E-state index in [0.29, 0.717) is 17.3 Å². The lowest BCUT2D eigenvalue weighted by Crippen LogP contribution is -2.50. The van der Waals surface area contributed by atoms with Gasteiger partial charge in [-0.25, -0.2) is 0 Å². The number of carbonyl (C=O) groups is 2. The highest BCUT2D eigenvalue weighted by molar-refractivity contribution is 7.99. The fourth-order valence-corrected chi connectivity index (χ4v) is 5.15. The van der Waals surface area contributed by atoms with Crippen molar-refractivity contribution in [3.8, 4) is 0 Å². The molecule has 0 aliphatic heterocycles. The Morgan fingerprint density at radius 1 is 1.09 bits per heavy atom. The summed E-state index contributed by atoms with van der Waals surface area (Å²) in [5.74, 6) is 1.02. The number of thioether (sulfide) groups is 1. The fourth-order valence-electron chi connectivity index (χ4n) is 4.04. The predicted molar refractivity (Wildman–Crippen MR) is 134 cm³/mol. The van der Waals surface area contributed by atoms with Gasteiger partial charge in [-0.3, -0.25) is 9.59 Å². The van der Waals surface area contributed by atoms with Crippen molar-refractivity contribution in [1.29, 1.82) is 0 Å². The van der Waals surface area contributed by atoms with Crippen LogP contribution in [0.25, 0.3) is 0 Å². The van der Waals surface area contributed by atoms with Crippen LogP contribution in [0.1, 0.15) is 55.7 Å². The van der Waals surface area contributed by atoms with Crippen molar-refractivity contribution < 1.29 is 9.59 Å². The molecule has 1 aliphatic carbocycles. The lowest BCUT2D eigenvalue weighted by Gasteiger charge is -2.31. The first-order valence-corrected chi connectivity index (χ1v) is 12.9. The van der Waals surface area contributed by atoms with Crippen LogP contribution in [0.3, 0.4) is 0 Å². The van der Waals surface area contributed by atoms with Crippen molar-refractivity contribution in [2.24, 2.45) is 0 Å². The molecule has 0 radical (unpaired) electrons. The van der Waals surface area contributed by atoms with E-state index in [1.165, 1.54) is 17.5 Å². The maximum atomic E-state index is 13.2. The van der Waals surface area contributed by atoms with E-state index in [-0.39, 0.29) is 17.9 Å². The van der Waals surface area contributed by atoms with Crippen molar-refractivity contribution in [3.63, 3.8) is 0 Å². The average Bonchev–Trinajstić information content (AvgIpc) is 2.80. The lowest BCUT2D eigenvalue weighted by atomic mass is 9.95. The molecule has 2 aromatic carbocycles. The smallest absolute Gasteiger partial charge is 0.242 e. The SMILES string of the molecule is Cc1ccccc1CSCC(=O)N(Cc1ccc(Cl)cc1)C(C)C(=O)NC1CCCCC1. The van der Waals surface area contributed by atoms with Crippen molar-refractivity contribution in [2.45, 2.75) is 70.3 Å². The molecule has 1 saturated carbocycles. The van der Waals surface area contributed by atoms with E-state index in [2.05, 4.69) is 24.4 Å². The summed E-state index contributed by atoms with van der Waals surface area (Å²) >= 11 is 7.61. The first-order valence-electron chi connectivity index (χ1n) is 11.4. The number of benzene rings is 2. The number of nitrogens with zero attached hydrogens (tertiary/aromatic N) is 1. The molecule has 1 aliphatic rings. The van der Waals surface area contributed by atoms with Gasteiger partial charge in [0, 0.05) is 23.4 Å². The summed E-state index contributed by atoms with van der Waals surface area (Å²) in [5.41, 5.74) is 3.42. The minimum Gasteiger partial charge on any atom is -0.352 e. The van der Waals surface area contributed by atoms with Gasteiger partial charge in [0.2, 0.25) is 11.8 Å². The second-order valence-corrected chi connectivity index (χ2v) is 10.0. The molecule has 1 atom stereocenters. The maximum Gasteiger partial charge on any atom is 0.242 e. The van der Waals surface area contributed by atoms with Crippen molar-refractivity contribution in [2.75, 3.05) is 5.75 Å². The minimum absolute atomic E-state index is 0.0233. The molecule has 6 heteroatoms. The first kappa shape index (κ1) is 24.7. The Labute approximate surface area is 201 Å². The number of carbonyl (C=O) groups excluding carboxylic acids is 2. The van der Waals surface area contributed by atoms with Crippen LogP contribution in [0.2, 0.25) is 5.02 Å². The molecule has 1 fully saturated rings. The molecule has 1 unspecified atom stereocenters. The van der Waals surface area contributed by atoms with E-state index in [9.17, 15) is 9.59 Å². The van der Waals surface area contributed by atoms with Crippen LogP contribution in [-0.2, 0) is 21.9 Å². The van der Waals surface area contributed by atoms with E-state index in [4.69, 9.17) is 11.6 Å². The van der Waals surface area contributed by atoms with Gasteiger partial charge < -0.3 is 10.2 Å². The first-order chi connectivity index (χ1) is 15.4. The third kappa shape index (κ3) is 7.28. The standard InChI is InChI=1S/C26H33ClN2O2S/c1-19-8-6-7-9-22(19)17-32-18-25(30)29(16-21-12-14-23(27)15-13-21)20(2)26(31)28-24-10-4-3-5-11-24/h6-9,12-15,20,24H,3-5,10-11,16-18H2,1-2H3,(H,28,31). The zero-order valence-electron chi connectivity index (χ0n) is 19.0. The minimum atomic E-state index is -0.529. The molecule has 0 heterocycles. The molecule has 3 rings (SSSR count). The van der Waals surface area contributed by atoms with Crippen LogP contribution in [0, 0.1) is 6.92 Å². The summed E-state index contributed by atoms with van der Waals surface area (Å²) in [6, 6.07) is 15.4. The Morgan fingerprint density at radius 2 is 1.78 bits per heavy atom. The van der Waals surface area contributed by atoms with Crippen LogP contribution in [0.4, 0.5) is 0 Å². The number of rotatable bonds is 9. The number of amides is 2. The lowest BCUT2D eigenvalue weighted by molar-refractivity contribution is -0.139. The highest BCUT2D eigenvalue weighted by Crippen LogP contribution is 2.20. The summed E-state index contributed by atoms with van der Waals surface area (Å²) in [4.78, 5) is 27.9. The predicted octanol–water partition coefficient (Wildman–Crippen LogP) is 5.75. The summed E-state index contributed by atoms with van der Waals surface area (Å²) in [6.07, 6.45) is 5.59. The quantitative estimate of drug-likeness (QED) is 0.505. The van der Waals surface area contributed by atoms with Crippen molar-refractivity contribution >= 4 is 35.2 Å². The van der Waals surface area contributed by atoms with E-state index in [0.717, 1.165) is 37.0 Å². The van der Waals surface area contributed by atoms with Gasteiger partial charge in [-0.1, -0.05) is 67.3 Å². The second-order valence-electron chi connectivity index (χ2n) is 8.59. The third-order valence-corrected chi connectivity index (χ3v) is 7.35. The summed E-state index contributed by atoms with van der Waals surface area (Å²) in [7, 11) is 0. The van der Waals surface area contributed by atoms with Gasteiger partial charge in [0.25, 0.3) is 0 Å². The highest BCUT2D eigenvalue weighted by Gasteiger charge is 2.28. The van der Waals surface area contributed by atoms with Gasteiger partial charge >= 0.3 is 0 Å². The van der Waals surface area contributed by atoms with Crippen LogP contribution in [0.5, 0.6) is 0 Å². The molecule has 172 valence electrons. The molecular weight excluding hydrogens is 440 g/mol. The van der Waals surface area contributed by atoms with Gasteiger partial charge in [0.05, 0.1) is 5.75 Å². The molecule has 2 aromatic rings. The molecule has 0 saturated heterocycles. The van der Waals surface area contributed by atoms with Crippen LogP contribution >= 0.6 is 23.4 Å². The van der Waals surface area contributed by atoms with Crippen molar-refractivity contribution in [3.05, 3.63) is 70.2 Å². The molecule has 0 bridgehead atoms. The summed E-state index contributed by atoms with van der Waals surface area (Å²) in [6.45, 7) is 4.31. The molecule has 32 heavy (non-hydrogen) atoms. The van der Waals surface area contributed by atoms with Gasteiger partial charge in [-0.15, -0.1) is 11.8 Å². The molecule has 4 nitrogen and oxygen atoms in total. The molecule has 1 N–H and O–H groups in total. The zero-order valence-corrected chi connectivity index (χ0v) is 20.6. The fraction of sp³-hybridized carbons (Fsp3) is 0.462. The van der Waals surface area contributed by atoms with Crippen LogP contribution in [0.15, 0.2) is 48.5 Å². The van der Waals surface area contributed by atoms with Gasteiger partial charge in [0.1, 0.15) is 6.04 Å². The largest absolute Gasteiger partial charge is 0.352 e. The molecular formula is C26H33ClN2O2S. The topological polar surface area (TPSA) is 49.4 Å².